The smallest absolute Gasteiger partial charge is 0.239 e. The lowest BCUT2D eigenvalue weighted by Crippen LogP contribution is -1.99. The summed E-state index contributed by atoms with van der Waals surface area (Å²) in [6, 6.07) is 0. The van der Waals surface area contributed by atoms with Crippen molar-refractivity contribution in [2.45, 2.75) is 103 Å². The van der Waals surface area contributed by atoms with Crippen LogP contribution in [0.1, 0.15) is 96.8 Å². The largest absolute Gasteiger partial charge is 0.367 e. The van der Waals surface area contributed by atoms with E-state index in [1.807, 2.05) is 4.68 Å². The van der Waals surface area contributed by atoms with E-state index in [4.69, 9.17) is 5.73 Å². The fourth-order valence-corrected chi connectivity index (χ4v) is 2.94. The van der Waals surface area contributed by atoms with Gasteiger partial charge in [0.15, 0.2) is 0 Å². The van der Waals surface area contributed by atoms with Gasteiger partial charge in [0.2, 0.25) is 5.95 Å². The highest BCUT2D eigenvalue weighted by Crippen LogP contribution is 2.10. The predicted molar refractivity (Wildman–Crippen MR) is 104 cm³/mol. The highest BCUT2D eigenvalue weighted by Gasteiger charge is 1.96. The van der Waals surface area contributed by atoms with Gasteiger partial charge in [0.25, 0.3) is 0 Å². The molecule has 24 heavy (non-hydrogen) atoms. The second kappa shape index (κ2) is 15.2. The molecule has 0 aliphatic carbocycles. The summed E-state index contributed by atoms with van der Waals surface area (Å²) >= 11 is 0. The molecule has 0 amide bonds. The molecule has 0 aliphatic heterocycles. The Balaban J connectivity index is 1.76. The Morgan fingerprint density at radius 1 is 0.833 bits per heavy atom. The summed E-state index contributed by atoms with van der Waals surface area (Å²) in [7, 11) is 0. The number of nitrogens with zero attached hydrogens (tertiary/aromatic N) is 3. The molecule has 2 N–H and O–H groups in total. The van der Waals surface area contributed by atoms with Crippen molar-refractivity contribution >= 4 is 5.95 Å². The Kier molecular flexibility index (Phi) is 13.1. The third-order valence-electron chi connectivity index (χ3n) is 4.45. The highest BCUT2D eigenvalue weighted by atomic mass is 15.3. The standard InChI is InChI=1S/C20H38N4/c1-2-3-4-5-6-7-8-9-10-11-12-13-14-15-16-17-18-24-19-22-20(21)23-24/h9-10,19H,2-8,11-18H2,1H3,(H2,21,23). The summed E-state index contributed by atoms with van der Waals surface area (Å²) in [6.07, 6.45) is 25.2. The van der Waals surface area contributed by atoms with Crippen LogP contribution in [0.15, 0.2) is 18.5 Å². The van der Waals surface area contributed by atoms with Gasteiger partial charge in [0, 0.05) is 6.54 Å². The summed E-state index contributed by atoms with van der Waals surface area (Å²) in [6.45, 7) is 3.21. The van der Waals surface area contributed by atoms with Crippen LogP contribution in [0.4, 0.5) is 5.95 Å². The first-order valence-electron chi connectivity index (χ1n) is 10.1. The molecule has 0 fully saturated rings. The molecule has 0 radical (unpaired) electrons. The lowest BCUT2D eigenvalue weighted by molar-refractivity contribution is 0.525. The Hall–Kier alpha value is -1.32. The molecular weight excluding hydrogens is 296 g/mol. The Labute approximate surface area is 148 Å². The molecule has 0 unspecified atom stereocenters. The summed E-state index contributed by atoms with van der Waals surface area (Å²) in [4.78, 5) is 3.93. The van der Waals surface area contributed by atoms with Crippen LogP contribution in [-0.2, 0) is 6.54 Å². The van der Waals surface area contributed by atoms with Gasteiger partial charge in [-0.1, -0.05) is 76.9 Å². The number of nitrogen functional groups attached to an aromatic ring is 1. The van der Waals surface area contributed by atoms with E-state index in [1.165, 1.54) is 89.9 Å². The summed E-state index contributed by atoms with van der Waals surface area (Å²) in [5, 5.41) is 4.09. The fraction of sp³-hybridized carbons (Fsp3) is 0.800. The molecule has 4 heteroatoms. The van der Waals surface area contributed by atoms with Gasteiger partial charge in [-0.25, -0.2) is 4.98 Å². The predicted octanol–water partition coefficient (Wildman–Crippen LogP) is 5.90. The average molecular weight is 335 g/mol. The maximum atomic E-state index is 5.49. The van der Waals surface area contributed by atoms with Crippen LogP contribution in [-0.4, -0.2) is 14.8 Å². The topological polar surface area (TPSA) is 56.7 Å². The average Bonchev–Trinajstić information content (AvgIpc) is 3.00. The molecule has 4 nitrogen and oxygen atoms in total. The van der Waals surface area contributed by atoms with Gasteiger partial charge < -0.3 is 5.73 Å². The van der Waals surface area contributed by atoms with Crippen molar-refractivity contribution in [1.29, 1.82) is 0 Å². The number of unbranched alkanes of at least 4 members (excludes halogenated alkanes) is 12. The first kappa shape index (κ1) is 20.7. The fourth-order valence-electron chi connectivity index (χ4n) is 2.94. The van der Waals surface area contributed by atoms with Crippen LogP contribution in [0.3, 0.4) is 0 Å². The number of rotatable bonds is 16. The lowest BCUT2D eigenvalue weighted by atomic mass is 10.1. The van der Waals surface area contributed by atoms with Crippen LogP contribution < -0.4 is 5.73 Å². The van der Waals surface area contributed by atoms with Crippen molar-refractivity contribution in [3.8, 4) is 0 Å². The van der Waals surface area contributed by atoms with Gasteiger partial charge in [-0.2, -0.15) is 0 Å². The van der Waals surface area contributed by atoms with Crippen molar-refractivity contribution < 1.29 is 0 Å². The molecule has 0 atom stereocenters. The third-order valence-corrected chi connectivity index (χ3v) is 4.45. The molecule has 1 rings (SSSR count). The molecule has 0 bridgehead atoms. The maximum absolute atomic E-state index is 5.49. The second-order valence-electron chi connectivity index (χ2n) is 6.80. The second-order valence-corrected chi connectivity index (χ2v) is 6.80. The zero-order chi connectivity index (χ0) is 17.3. The van der Waals surface area contributed by atoms with Gasteiger partial charge >= 0.3 is 0 Å². The van der Waals surface area contributed by atoms with Gasteiger partial charge in [-0.3, -0.25) is 4.68 Å². The van der Waals surface area contributed by atoms with Crippen LogP contribution in [0.5, 0.6) is 0 Å². The molecule has 1 aromatic heterocycles. The number of hydrogen-bond donors (Lipinski definition) is 1. The summed E-state index contributed by atoms with van der Waals surface area (Å²) < 4.78 is 1.84. The monoisotopic (exact) mass is 334 g/mol. The molecule has 0 aromatic carbocycles. The first-order valence-corrected chi connectivity index (χ1v) is 10.1. The molecule has 138 valence electrons. The van der Waals surface area contributed by atoms with Crippen molar-refractivity contribution in [1.82, 2.24) is 14.8 Å². The molecule has 0 saturated carbocycles. The van der Waals surface area contributed by atoms with Crippen molar-refractivity contribution in [3.05, 3.63) is 18.5 Å². The van der Waals surface area contributed by atoms with Gasteiger partial charge in [0.05, 0.1) is 0 Å². The van der Waals surface area contributed by atoms with Crippen molar-refractivity contribution in [2.75, 3.05) is 5.73 Å². The van der Waals surface area contributed by atoms with E-state index in [0.29, 0.717) is 5.95 Å². The Morgan fingerprint density at radius 3 is 1.92 bits per heavy atom. The van der Waals surface area contributed by atoms with Crippen molar-refractivity contribution in [3.63, 3.8) is 0 Å². The zero-order valence-electron chi connectivity index (χ0n) is 15.8. The number of aromatic nitrogens is 3. The van der Waals surface area contributed by atoms with Crippen LogP contribution in [0.2, 0.25) is 0 Å². The van der Waals surface area contributed by atoms with E-state index in [2.05, 4.69) is 29.2 Å². The van der Waals surface area contributed by atoms with Gasteiger partial charge in [-0.15, -0.1) is 5.10 Å². The number of allylic oxidation sites excluding steroid dienone is 2. The normalized spacial score (nSPS) is 11.5. The van der Waals surface area contributed by atoms with Crippen LogP contribution in [0, 0.1) is 0 Å². The molecule has 1 heterocycles. The van der Waals surface area contributed by atoms with Gasteiger partial charge in [0.1, 0.15) is 6.33 Å². The van der Waals surface area contributed by atoms with E-state index < -0.39 is 0 Å². The minimum Gasteiger partial charge on any atom is -0.367 e. The molecule has 0 saturated heterocycles. The minimum atomic E-state index is 0.375. The van der Waals surface area contributed by atoms with E-state index in [0.717, 1.165) is 6.54 Å². The van der Waals surface area contributed by atoms with Crippen LogP contribution in [0.25, 0.3) is 0 Å². The van der Waals surface area contributed by atoms with E-state index in [-0.39, 0.29) is 0 Å². The van der Waals surface area contributed by atoms with Crippen molar-refractivity contribution in [2.24, 2.45) is 0 Å². The number of aryl methyl sites for hydroxylation is 1. The summed E-state index contributed by atoms with van der Waals surface area (Å²) in [5.74, 6) is 0.375. The van der Waals surface area contributed by atoms with E-state index in [9.17, 15) is 0 Å². The van der Waals surface area contributed by atoms with E-state index >= 15 is 0 Å². The number of nitrogens with two attached hydrogens (primary N) is 1. The van der Waals surface area contributed by atoms with E-state index in [1.54, 1.807) is 6.33 Å². The molecule has 0 spiro atoms. The third kappa shape index (κ3) is 12.1. The maximum Gasteiger partial charge on any atom is 0.239 e. The zero-order valence-corrected chi connectivity index (χ0v) is 15.8. The van der Waals surface area contributed by atoms with Crippen LogP contribution >= 0.6 is 0 Å². The molecule has 1 aromatic rings. The summed E-state index contributed by atoms with van der Waals surface area (Å²) in [5.41, 5.74) is 5.49. The Bertz CT molecular complexity index is 412. The SMILES string of the molecule is CCCCCCCCC=CCCCCCCCCn1cnc(N)n1. The molecular formula is C20H38N4. The minimum absolute atomic E-state index is 0.375. The quantitative estimate of drug-likeness (QED) is 0.302. The van der Waals surface area contributed by atoms with Gasteiger partial charge in [-0.05, 0) is 32.1 Å². The highest BCUT2D eigenvalue weighted by molar-refractivity contribution is 5.09. The Morgan fingerprint density at radius 2 is 1.38 bits per heavy atom. The number of hydrogen-bond acceptors (Lipinski definition) is 3. The molecule has 0 aliphatic rings. The first-order chi connectivity index (χ1) is 11.8. The lowest BCUT2D eigenvalue weighted by Gasteiger charge is -2.01. The number of anilines is 1.